The average molecular weight is 308 g/mol. The molecule has 0 spiro atoms. The molecule has 0 unspecified atom stereocenters. The minimum Gasteiger partial charge on any atom is -0.355 e. The number of carbonyl (C=O) groups is 1. The molecule has 120 valence electrons. The molecule has 0 radical (unpaired) electrons. The molecule has 2 aromatic carbocycles. The Balaban J connectivity index is 1.70. The molecule has 0 atom stereocenters. The van der Waals surface area contributed by atoms with Gasteiger partial charge in [-0.3, -0.25) is 9.69 Å². The summed E-state index contributed by atoms with van der Waals surface area (Å²) in [6.07, 6.45) is 2.59. The number of rotatable bonds is 6. The molecule has 1 amide bonds. The summed E-state index contributed by atoms with van der Waals surface area (Å²) in [7, 11) is 1.66. The van der Waals surface area contributed by atoms with Crippen molar-refractivity contribution in [3.63, 3.8) is 0 Å². The highest BCUT2D eigenvalue weighted by Gasteiger charge is 2.29. The van der Waals surface area contributed by atoms with E-state index in [1.807, 2.05) is 12.1 Å². The van der Waals surface area contributed by atoms with Gasteiger partial charge < -0.3 is 5.32 Å². The summed E-state index contributed by atoms with van der Waals surface area (Å²) in [5.41, 5.74) is 4.74. The lowest BCUT2D eigenvalue weighted by Gasteiger charge is -2.23. The summed E-state index contributed by atoms with van der Waals surface area (Å²) in [6, 6.07) is 17.3. The topological polar surface area (TPSA) is 32.3 Å². The van der Waals surface area contributed by atoms with Crippen LogP contribution in [0, 0.1) is 6.92 Å². The van der Waals surface area contributed by atoms with Crippen LogP contribution in [0.1, 0.15) is 39.9 Å². The smallest absolute Gasteiger partial charge is 0.251 e. The Morgan fingerprint density at radius 3 is 2.39 bits per heavy atom. The molecular weight excluding hydrogens is 284 g/mol. The minimum absolute atomic E-state index is 0.0319. The van der Waals surface area contributed by atoms with Crippen molar-refractivity contribution in [2.75, 3.05) is 7.05 Å². The van der Waals surface area contributed by atoms with Gasteiger partial charge in [0.1, 0.15) is 0 Å². The quantitative estimate of drug-likeness (QED) is 0.885. The van der Waals surface area contributed by atoms with Crippen molar-refractivity contribution in [2.24, 2.45) is 0 Å². The van der Waals surface area contributed by atoms with E-state index in [2.05, 4.69) is 53.5 Å². The molecule has 1 fully saturated rings. The highest BCUT2D eigenvalue weighted by Crippen LogP contribution is 2.30. The number of hydrogen-bond acceptors (Lipinski definition) is 2. The van der Waals surface area contributed by atoms with E-state index < -0.39 is 0 Å². The Kier molecular flexibility index (Phi) is 4.77. The zero-order chi connectivity index (χ0) is 16.2. The maximum absolute atomic E-state index is 11.6. The number of nitrogens with zero attached hydrogens (tertiary/aromatic N) is 1. The van der Waals surface area contributed by atoms with Gasteiger partial charge in [-0.2, -0.15) is 0 Å². The molecule has 1 aliphatic rings. The first-order valence-corrected chi connectivity index (χ1v) is 8.27. The van der Waals surface area contributed by atoms with Crippen molar-refractivity contribution in [3.8, 4) is 0 Å². The highest BCUT2D eigenvalue weighted by atomic mass is 16.1. The molecule has 1 aliphatic carbocycles. The van der Waals surface area contributed by atoms with Gasteiger partial charge >= 0.3 is 0 Å². The second kappa shape index (κ2) is 6.97. The number of hydrogen-bond donors (Lipinski definition) is 1. The molecule has 2 aromatic rings. The Labute approximate surface area is 138 Å². The summed E-state index contributed by atoms with van der Waals surface area (Å²) in [6.45, 7) is 4.11. The van der Waals surface area contributed by atoms with E-state index in [1.54, 1.807) is 7.05 Å². The number of carbonyl (C=O) groups excluding carboxylic acids is 1. The van der Waals surface area contributed by atoms with Gasteiger partial charge in [0.25, 0.3) is 5.91 Å². The van der Waals surface area contributed by atoms with E-state index >= 15 is 0 Å². The van der Waals surface area contributed by atoms with Crippen molar-refractivity contribution in [2.45, 2.75) is 38.9 Å². The molecule has 3 heteroatoms. The van der Waals surface area contributed by atoms with Crippen LogP contribution in [0.5, 0.6) is 0 Å². The molecule has 0 aliphatic heterocycles. The van der Waals surface area contributed by atoms with Gasteiger partial charge in [0.2, 0.25) is 0 Å². The van der Waals surface area contributed by atoms with Gasteiger partial charge in [-0.05, 0) is 48.6 Å². The fraction of sp³-hybridized carbons (Fsp3) is 0.350. The fourth-order valence-corrected chi connectivity index (χ4v) is 2.90. The zero-order valence-electron chi connectivity index (χ0n) is 13.9. The molecule has 1 N–H and O–H groups in total. The van der Waals surface area contributed by atoms with Crippen LogP contribution in [0.3, 0.4) is 0 Å². The molecule has 23 heavy (non-hydrogen) atoms. The maximum atomic E-state index is 11.6. The monoisotopic (exact) mass is 308 g/mol. The largest absolute Gasteiger partial charge is 0.355 e. The third kappa shape index (κ3) is 3.99. The first-order valence-electron chi connectivity index (χ1n) is 8.27. The van der Waals surface area contributed by atoms with Crippen LogP contribution in [0.2, 0.25) is 0 Å². The van der Waals surface area contributed by atoms with Crippen LogP contribution in [0.4, 0.5) is 0 Å². The van der Waals surface area contributed by atoms with Crippen LogP contribution in [-0.2, 0) is 13.1 Å². The Bertz CT molecular complexity index is 674. The normalized spacial score (nSPS) is 14.0. The summed E-state index contributed by atoms with van der Waals surface area (Å²) in [4.78, 5) is 14.2. The molecular formula is C20H24N2O. The average Bonchev–Trinajstić information content (AvgIpc) is 3.41. The van der Waals surface area contributed by atoms with Gasteiger partial charge in [0.05, 0.1) is 0 Å². The van der Waals surface area contributed by atoms with Crippen LogP contribution in [0.25, 0.3) is 0 Å². The van der Waals surface area contributed by atoms with Crippen LogP contribution >= 0.6 is 0 Å². The minimum atomic E-state index is -0.0319. The van der Waals surface area contributed by atoms with Crippen molar-refractivity contribution in [1.82, 2.24) is 10.2 Å². The Morgan fingerprint density at radius 2 is 1.78 bits per heavy atom. The lowest BCUT2D eigenvalue weighted by Crippen LogP contribution is -2.25. The summed E-state index contributed by atoms with van der Waals surface area (Å²) in [5.74, 6) is -0.0319. The van der Waals surface area contributed by atoms with Crippen LogP contribution < -0.4 is 5.32 Å². The lowest BCUT2D eigenvalue weighted by atomic mass is 10.1. The third-order valence-corrected chi connectivity index (χ3v) is 4.53. The van der Waals surface area contributed by atoms with Gasteiger partial charge in [-0.15, -0.1) is 0 Å². The molecule has 0 bridgehead atoms. The molecule has 3 nitrogen and oxygen atoms in total. The number of nitrogens with one attached hydrogen (secondary N) is 1. The van der Waals surface area contributed by atoms with Crippen molar-refractivity contribution in [3.05, 3.63) is 70.8 Å². The second-order valence-electron chi connectivity index (χ2n) is 6.34. The molecule has 0 aromatic heterocycles. The number of benzene rings is 2. The summed E-state index contributed by atoms with van der Waals surface area (Å²) >= 11 is 0. The third-order valence-electron chi connectivity index (χ3n) is 4.53. The first-order chi connectivity index (χ1) is 11.2. The zero-order valence-corrected chi connectivity index (χ0v) is 13.9. The summed E-state index contributed by atoms with van der Waals surface area (Å²) in [5, 5.41) is 2.66. The highest BCUT2D eigenvalue weighted by molar-refractivity contribution is 5.93. The number of aryl methyl sites for hydroxylation is 1. The van der Waals surface area contributed by atoms with E-state index in [1.165, 1.54) is 29.5 Å². The molecule has 3 rings (SSSR count). The second-order valence-corrected chi connectivity index (χ2v) is 6.34. The predicted molar refractivity (Wildman–Crippen MR) is 93.3 cm³/mol. The van der Waals surface area contributed by atoms with Gasteiger partial charge in [-0.1, -0.05) is 36.4 Å². The van der Waals surface area contributed by atoms with E-state index in [0.717, 1.165) is 13.1 Å². The van der Waals surface area contributed by atoms with Crippen LogP contribution in [0.15, 0.2) is 48.5 Å². The van der Waals surface area contributed by atoms with Crippen molar-refractivity contribution >= 4 is 5.91 Å². The van der Waals surface area contributed by atoms with Crippen molar-refractivity contribution < 1.29 is 4.79 Å². The molecule has 1 saturated carbocycles. The Morgan fingerprint density at radius 1 is 1.09 bits per heavy atom. The van der Waals surface area contributed by atoms with Crippen LogP contribution in [-0.4, -0.2) is 23.9 Å². The van der Waals surface area contributed by atoms with E-state index in [4.69, 9.17) is 0 Å². The maximum Gasteiger partial charge on any atom is 0.251 e. The summed E-state index contributed by atoms with van der Waals surface area (Å²) < 4.78 is 0. The van der Waals surface area contributed by atoms with E-state index in [9.17, 15) is 4.79 Å². The lowest BCUT2D eigenvalue weighted by molar-refractivity contribution is 0.0963. The molecule has 0 saturated heterocycles. The first kappa shape index (κ1) is 15.8. The van der Waals surface area contributed by atoms with E-state index in [0.29, 0.717) is 11.6 Å². The van der Waals surface area contributed by atoms with E-state index in [-0.39, 0.29) is 5.91 Å². The fourth-order valence-electron chi connectivity index (χ4n) is 2.90. The van der Waals surface area contributed by atoms with Crippen molar-refractivity contribution in [1.29, 1.82) is 0 Å². The standard InChI is InChI=1S/C20H24N2O/c1-15-5-3-4-6-18(15)14-22(19-11-12-19)13-16-7-9-17(10-8-16)20(23)21-2/h3-10,19H,11-14H2,1-2H3,(H,21,23). The predicted octanol–water partition coefficient (Wildman–Crippen LogP) is 3.52. The number of amides is 1. The SMILES string of the molecule is CNC(=O)c1ccc(CN(Cc2ccccc2C)C2CC2)cc1. The van der Waals surface area contributed by atoms with Gasteiger partial charge in [-0.25, -0.2) is 0 Å². The van der Waals surface area contributed by atoms with Gasteiger partial charge in [0.15, 0.2) is 0 Å². The van der Waals surface area contributed by atoms with Gasteiger partial charge in [0, 0.05) is 31.7 Å². The molecule has 0 heterocycles. The Hall–Kier alpha value is -2.13.